The number of amidine groups is 1. The monoisotopic (exact) mass is 530 g/mol. The Hall–Kier alpha value is -2.65. The molecule has 6 rings (SSSR count). The van der Waals surface area contributed by atoms with Crippen LogP contribution in [0.2, 0.25) is 10.0 Å². The minimum atomic E-state index is -0.326. The Morgan fingerprint density at radius 3 is 2.53 bits per heavy atom. The molecule has 0 atom stereocenters. The lowest BCUT2D eigenvalue weighted by atomic mass is 10.0. The molecule has 7 nitrogen and oxygen atoms in total. The summed E-state index contributed by atoms with van der Waals surface area (Å²) in [6.07, 6.45) is 3.91. The predicted molar refractivity (Wildman–Crippen MR) is 136 cm³/mol. The molecule has 1 N–H and O–H groups in total. The van der Waals surface area contributed by atoms with E-state index in [1.165, 1.54) is 0 Å². The highest BCUT2D eigenvalue weighted by Crippen LogP contribution is 2.46. The number of hydrogen-bond acceptors (Lipinski definition) is 7. The van der Waals surface area contributed by atoms with Gasteiger partial charge in [-0.15, -0.1) is 0 Å². The number of aromatic nitrogens is 1. The first kappa shape index (κ1) is 23.7. The Balaban J connectivity index is 1.12. The number of piperidine rings is 1. The molecule has 1 saturated heterocycles. The molecule has 2 aliphatic heterocycles. The number of aliphatic imine (C=N–C) groups is 1. The van der Waals surface area contributed by atoms with Crippen LogP contribution >= 0.6 is 23.2 Å². The molecular formula is C26H25Cl2FN4O3. The summed E-state index contributed by atoms with van der Waals surface area (Å²) in [5, 5.41) is 5.41. The van der Waals surface area contributed by atoms with Crippen molar-refractivity contribution in [2.24, 2.45) is 4.99 Å². The highest BCUT2D eigenvalue weighted by molar-refractivity contribution is 6.39. The molecule has 2 fully saturated rings. The van der Waals surface area contributed by atoms with Crippen molar-refractivity contribution in [1.29, 1.82) is 0 Å². The number of ether oxygens (including phenoxy) is 1. The smallest absolute Gasteiger partial charge is 0.167 e. The average Bonchev–Trinajstić information content (AvgIpc) is 3.41. The van der Waals surface area contributed by atoms with Gasteiger partial charge in [-0.05, 0) is 56.0 Å². The molecule has 188 valence electrons. The van der Waals surface area contributed by atoms with Crippen molar-refractivity contribution in [2.45, 2.75) is 44.3 Å². The van der Waals surface area contributed by atoms with Crippen LogP contribution in [0.4, 0.5) is 10.1 Å². The third-order valence-electron chi connectivity index (χ3n) is 6.90. The highest BCUT2D eigenvalue weighted by atomic mass is 35.5. The summed E-state index contributed by atoms with van der Waals surface area (Å²) in [4.78, 5) is 11.3. The average molecular weight is 531 g/mol. The van der Waals surface area contributed by atoms with Gasteiger partial charge in [-0.3, -0.25) is 4.84 Å². The maximum absolute atomic E-state index is 14.7. The van der Waals surface area contributed by atoms with Gasteiger partial charge in [0.25, 0.3) is 0 Å². The van der Waals surface area contributed by atoms with E-state index in [0.29, 0.717) is 45.2 Å². The van der Waals surface area contributed by atoms with Crippen LogP contribution in [0.5, 0.6) is 0 Å². The van der Waals surface area contributed by atoms with Gasteiger partial charge < -0.3 is 14.2 Å². The van der Waals surface area contributed by atoms with Crippen molar-refractivity contribution < 1.29 is 18.5 Å². The molecule has 3 aliphatic rings. The van der Waals surface area contributed by atoms with Crippen LogP contribution in [0.3, 0.4) is 0 Å². The van der Waals surface area contributed by atoms with Crippen LogP contribution in [0, 0.1) is 5.82 Å². The summed E-state index contributed by atoms with van der Waals surface area (Å²) in [7, 11) is 0. The van der Waals surface area contributed by atoms with Gasteiger partial charge in [0, 0.05) is 35.8 Å². The molecule has 1 aliphatic carbocycles. The standard InChI is InChI=1S/C26H25Cl2FN4O3/c27-20-2-1-3-21(28)23(20)24-19(25(36-31-24)15-4-5-15)13-34-17-8-10-33(11-9-17)16-6-7-18(22(29)12-16)26-30-14-35-32-26/h1-3,6-7,12,15,17H,4-5,8-11,13-14H2,(H,30,32). The van der Waals surface area contributed by atoms with Gasteiger partial charge in [0.1, 0.15) is 17.3 Å². The second-order valence-electron chi connectivity index (χ2n) is 9.29. The zero-order valence-corrected chi connectivity index (χ0v) is 21.0. The van der Waals surface area contributed by atoms with Gasteiger partial charge in [-0.25, -0.2) is 14.9 Å². The van der Waals surface area contributed by atoms with Gasteiger partial charge in [-0.2, -0.15) is 0 Å². The third kappa shape index (κ3) is 4.70. The molecule has 0 radical (unpaired) electrons. The Kier molecular flexibility index (Phi) is 6.60. The van der Waals surface area contributed by atoms with E-state index >= 15 is 0 Å². The van der Waals surface area contributed by atoms with Crippen molar-refractivity contribution in [2.75, 3.05) is 24.7 Å². The van der Waals surface area contributed by atoms with Crippen molar-refractivity contribution in [1.82, 2.24) is 10.6 Å². The molecule has 3 aromatic rings. The fraction of sp³-hybridized carbons (Fsp3) is 0.385. The molecule has 2 aromatic carbocycles. The summed E-state index contributed by atoms with van der Waals surface area (Å²) in [6.45, 7) is 2.12. The quantitative estimate of drug-likeness (QED) is 0.398. The summed E-state index contributed by atoms with van der Waals surface area (Å²) >= 11 is 12.9. The summed E-state index contributed by atoms with van der Waals surface area (Å²) in [6, 6.07) is 10.6. The second-order valence-corrected chi connectivity index (χ2v) is 10.1. The lowest BCUT2D eigenvalue weighted by Gasteiger charge is -2.33. The van der Waals surface area contributed by atoms with Crippen LogP contribution in [-0.4, -0.2) is 36.9 Å². The molecule has 10 heteroatoms. The fourth-order valence-corrected chi connectivity index (χ4v) is 5.37. The van der Waals surface area contributed by atoms with E-state index in [-0.39, 0.29) is 18.7 Å². The first-order valence-corrected chi connectivity index (χ1v) is 12.9. The SMILES string of the molecule is Fc1cc(N2CCC(OCc3c(-c4c(Cl)cccc4Cl)noc3C3CC3)CC2)ccc1C1=NCON1. The van der Waals surface area contributed by atoms with Crippen LogP contribution in [0.25, 0.3) is 11.3 Å². The van der Waals surface area contributed by atoms with Crippen LogP contribution < -0.4 is 10.4 Å². The van der Waals surface area contributed by atoms with Crippen molar-refractivity contribution in [3.05, 3.63) is 69.1 Å². The molecular weight excluding hydrogens is 506 g/mol. The van der Waals surface area contributed by atoms with E-state index < -0.39 is 0 Å². The molecule has 0 amide bonds. The maximum Gasteiger partial charge on any atom is 0.167 e. The number of anilines is 1. The van der Waals surface area contributed by atoms with E-state index in [1.807, 2.05) is 12.1 Å². The number of halogens is 3. The van der Waals surface area contributed by atoms with Gasteiger partial charge in [0.05, 0.1) is 28.3 Å². The van der Waals surface area contributed by atoms with Gasteiger partial charge >= 0.3 is 0 Å². The van der Waals surface area contributed by atoms with E-state index in [2.05, 4.69) is 20.5 Å². The Labute approximate surface area is 218 Å². The first-order valence-electron chi connectivity index (χ1n) is 12.1. The van der Waals surface area contributed by atoms with Crippen molar-refractivity contribution in [3.63, 3.8) is 0 Å². The van der Waals surface area contributed by atoms with E-state index in [9.17, 15) is 4.39 Å². The third-order valence-corrected chi connectivity index (χ3v) is 7.53. The molecule has 3 heterocycles. The minimum Gasteiger partial charge on any atom is -0.373 e. The zero-order valence-electron chi connectivity index (χ0n) is 19.5. The van der Waals surface area contributed by atoms with Crippen molar-refractivity contribution >= 4 is 34.7 Å². The van der Waals surface area contributed by atoms with Crippen LogP contribution in [-0.2, 0) is 16.2 Å². The molecule has 0 spiro atoms. The van der Waals surface area contributed by atoms with Gasteiger partial charge in [0.15, 0.2) is 12.6 Å². The molecule has 1 aromatic heterocycles. The van der Waals surface area contributed by atoms with Crippen molar-refractivity contribution in [3.8, 4) is 11.3 Å². The maximum atomic E-state index is 14.7. The summed E-state index contributed by atoms with van der Waals surface area (Å²) in [5.74, 6) is 1.35. The van der Waals surface area contributed by atoms with E-state index in [0.717, 1.165) is 55.8 Å². The lowest BCUT2D eigenvalue weighted by Crippen LogP contribution is -2.37. The van der Waals surface area contributed by atoms with Crippen LogP contribution in [0.15, 0.2) is 45.9 Å². The highest BCUT2D eigenvalue weighted by Gasteiger charge is 2.34. The number of hydroxylamine groups is 1. The Morgan fingerprint density at radius 2 is 1.86 bits per heavy atom. The topological polar surface area (TPSA) is 72.1 Å². The normalized spacial score (nSPS) is 18.4. The Bertz CT molecular complexity index is 1280. The van der Waals surface area contributed by atoms with Gasteiger partial charge in [0.2, 0.25) is 0 Å². The predicted octanol–water partition coefficient (Wildman–Crippen LogP) is 6.09. The second kappa shape index (κ2) is 10.0. The van der Waals surface area contributed by atoms with E-state index in [4.69, 9.17) is 37.3 Å². The molecule has 36 heavy (non-hydrogen) atoms. The fourth-order valence-electron chi connectivity index (χ4n) is 4.79. The first-order chi connectivity index (χ1) is 17.6. The Morgan fingerprint density at radius 1 is 1.08 bits per heavy atom. The summed E-state index contributed by atoms with van der Waals surface area (Å²) in [5.41, 5.74) is 6.16. The number of nitrogens with one attached hydrogen (secondary N) is 1. The zero-order chi connectivity index (χ0) is 24.6. The molecule has 0 unspecified atom stereocenters. The molecule has 1 saturated carbocycles. The lowest BCUT2D eigenvalue weighted by molar-refractivity contribution is 0.0246. The largest absolute Gasteiger partial charge is 0.373 e. The van der Waals surface area contributed by atoms with Crippen LogP contribution in [0.1, 0.15) is 48.5 Å². The van der Waals surface area contributed by atoms with E-state index in [1.54, 1.807) is 24.3 Å². The number of nitrogens with zero attached hydrogens (tertiary/aromatic N) is 3. The molecule has 0 bridgehead atoms. The number of benzene rings is 2. The van der Waals surface area contributed by atoms with Gasteiger partial charge in [-0.1, -0.05) is 34.4 Å². The minimum absolute atomic E-state index is 0.0797. The number of hydrogen-bond donors (Lipinski definition) is 1. The summed E-state index contributed by atoms with van der Waals surface area (Å²) < 4.78 is 26.8. The number of rotatable bonds is 7.